The van der Waals surface area contributed by atoms with Crippen LogP contribution in [0.1, 0.15) is 61.9 Å². The quantitative estimate of drug-likeness (QED) is 0.192. The summed E-state index contributed by atoms with van der Waals surface area (Å²) in [6.45, 7) is 22.1. The first-order valence-electron chi connectivity index (χ1n) is 14.4. The van der Waals surface area contributed by atoms with Crippen molar-refractivity contribution in [1.82, 2.24) is 4.57 Å². The topological polar surface area (TPSA) is 46.5 Å². The second-order valence-electron chi connectivity index (χ2n) is 12.6. The van der Waals surface area contributed by atoms with E-state index in [0.717, 1.165) is 55.7 Å². The number of anilines is 2. The van der Waals surface area contributed by atoms with Gasteiger partial charge in [-0.1, -0.05) is 108 Å². The highest BCUT2D eigenvalue weighted by Crippen LogP contribution is 2.45. The number of nitrogens with zero attached hydrogens (tertiary/aromatic N) is 3. The van der Waals surface area contributed by atoms with Gasteiger partial charge in [-0.05, 0) is 52.2 Å². The Morgan fingerprint density at radius 1 is 0.976 bits per heavy atom. The van der Waals surface area contributed by atoms with Crippen LogP contribution in [0.25, 0.3) is 18.1 Å². The van der Waals surface area contributed by atoms with Gasteiger partial charge in [0.25, 0.3) is 0 Å². The van der Waals surface area contributed by atoms with Gasteiger partial charge < -0.3 is 10.3 Å². The molecule has 2 N–H and O–H groups in total. The van der Waals surface area contributed by atoms with Crippen LogP contribution in [-0.4, -0.2) is 17.3 Å². The van der Waals surface area contributed by atoms with Crippen molar-refractivity contribution >= 4 is 47.8 Å². The maximum Gasteiger partial charge on any atom is 0.100 e. The van der Waals surface area contributed by atoms with Crippen molar-refractivity contribution in [2.75, 3.05) is 17.8 Å². The summed E-state index contributed by atoms with van der Waals surface area (Å²) in [5.41, 5.74) is 15.1. The largest absolute Gasteiger partial charge is 0.397 e. The average molecular weight is 575 g/mol. The van der Waals surface area contributed by atoms with Crippen LogP contribution in [0.15, 0.2) is 90.1 Å². The van der Waals surface area contributed by atoms with Gasteiger partial charge in [0.05, 0.1) is 11.4 Å². The highest BCUT2D eigenvalue weighted by atomic mass is 32.1. The molecule has 0 radical (unpaired) electrons. The predicted molar refractivity (Wildman–Crippen MR) is 186 cm³/mol. The zero-order valence-corrected chi connectivity index (χ0v) is 26.6. The van der Waals surface area contributed by atoms with Gasteiger partial charge >= 0.3 is 0 Å². The number of nitrogens with two attached hydrogens (primary N) is 1. The van der Waals surface area contributed by atoms with Crippen molar-refractivity contribution in [3.8, 4) is 0 Å². The molecule has 2 aromatic carbocycles. The van der Waals surface area contributed by atoms with E-state index in [1.807, 2.05) is 35.8 Å². The molecule has 0 fully saturated rings. The number of thiol groups is 1. The maximum atomic E-state index is 7.10. The molecule has 2 aliphatic rings. The lowest BCUT2D eigenvalue weighted by atomic mass is 9.68. The minimum atomic E-state index is -0.337. The van der Waals surface area contributed by atoms with Crippen LogP contribution < -0.4 is 21.4 Å². The zero-order chi connectivity index (χ0) is 30.6. The molecule has 0 saturated heterocycles. The third-order valence-corrected chi connectivity index (χ3v) is 9.67. The Morgan fingerprint density at radius 3 is 2.29 bits per heavy atom. The molecule has 42 heavy (non-hydrogen) atoms. The highest BCUT2D eigenvalue weighted by Gasteiger charge is 2.34. The molecule has 0 spiro atoms. The number of hydrogen-bond donors (Lipinski definition) is 2. The molecule has 5 rings (SSSR count). The summed E-state index contributed by atoms with van der Waals surface area (Å²) in [5.74, 6) is 0.358. The number of nitrogen functional groups attached to an aromatic ring is 1. The van der Waals surface area contributed by atoms with Gasteiger partial charge in [0.1, 0.15) is 5.71 Å². The molecule has 1 aromatic heterocycles. The summed E-state index contributed by atoms with van der Waals surface area (Å²) in [7, 11) is 3.92. The van der Waals surface area contributed by atoms with E-state index in [-0.39, 0.29) is 10.8 Å². The lowest BCUT2D eigenvalue weighted by molar-refractivity contribution is 0.382. The fourth-order valence-electron chi connectivity index (χ4n) is 6.24. The standard InChI is InChI=1S/C37H42N4S/c1-23-20-31(42)32-24(2)40(8)25(3)33(32)35(23)39-41(9)30-22-28(36(4,5)26-16-12-10-13-17-26)21-29(34(30)38)37(6,7)27-18-14-11-15-19-27/h10-16,18-22,26,42H,1-3,17,38H2,4-9H3/b39-35+. The number of rotatable bonds is 6. The van der Waals surface area contributed by atoms with E-state index in [0.29, 0.717) is 11.6 Å². The van der Waals surface area contributed by atoms with Crippen molar-refractivity contribution < 1.29 is 0 Å². The smallest absolute Gasteiger partial charge is 0.100 e. The second kappa shape index (κ2) is 10.7. The van der Waals surface area contributed by atoms with Crippen molar-refractivity contribution in [1.29, 1.82) is 0 Å². The van der Waals surface area contributed by atoms with E-state index < -0.39 is 0 Å². The van der Waals surface area contributed by atoms with Crippen LogP contribution in [0, 0.1) is 5.92 Å². The van der Waals surface area contributed by atoms with Gasteiger partial charge in [0, 0.05) is 46.2 Å². The lowest BCUT2D eigenvalue weighted by Gasteiger charge is -2.37. The fourth-order valence-corrected chi connectivity index (χ4v) is 6.63. The van der Waals surface area contributed by atoms with Gasteiger partial charge in [0.2, 0.25) is 0 Å². The van der Waals surface area contributed by atoms with Crippen LogP contribution in [-0.2, 0) is 17.9 Å². The number of allylic oxidation sites excluding steroid dienone is 6. The van der Waals surface area contributed by atoms with Crippen LogP contribution in [0.5, 0.6) is 0 Å². The summed E-state index contributed by atoms with van der Waals surface area (Å²) in [6.07, 6.45) is 11.8. The predicted octanol–water partition coefficient (Wildman–Crippen LogP) is 6.84. The van der Waals surface area contributed by atoms with Crippen molar-refractivity contribution in [2.24, 2.45) is 18.1 Å². The summed E-state index contributed by atoms with van der Waals surface area (Å²) < 4.78 is 1.98. The Hall–Kier alpha value is -3.96. The minimum Gasteiger partial charge on any atom is -0.397 e. The van der Waals surface area contributed by atoms with Gasteiger partial charge in [-0.3, -0.25) is 5.01 Å². The average Bonchev–Trinajstić information content (AvgIpc) is 3.20. The molecule has 3 aromatic rings. The first kappa shape index (κ1) is 29.5. The molecule has 0 saturated carbocycles. The van der Waals surface area contributed by atoms with E-state index >= 15 is 0 Å². The Kier molecular flexibility index (Phi) is 7.53. The molecule has 2 aliphatic carbocycles. The van der Waals surface area contributed by atoms with E-state index in [9.17, 15) is 0 Å². The van der Waals surface area contributed by atoms with Gasteiger partial charge in [0.15, 0.2) is 0 Å². The molecule has 5 heteroatoms. The first-order chi connectivity index (χ1) is 19.8. The second-order valence-corrected chi connectivity index (χ2v) is 13.0. The Labute approximate surface area is 256 Å². The van der Waals surface area contributed by atoms with Gasteiger partial charge in [-0.25, -0.2) is 0 Å². The molecule has 216 valence electrons. The Balaban J connectivity index is 1.72. The molecule has 1 unspecified atom stereocenters. The number of fused-ring (bicyclic) bond motifs is 1. The highest BCUT2D eigenvalue weighted by molar-refractivity contribution is 7.90. The third kappa shape index (κ3) is 4.80. The summed E-state index contributed by atoms with van der Waals surface area (Å²) in [4.78, 5) is 0.817. The fraction of sp³-hybridized carbons (Fsp3) is 0.270. The van der Waals surface area contributed by atoms with E-state index in [1.54, 1.807) is 0 Å². The maximum absolute atomic E-state index is 7.10. The molecule has 4 nitrogen and oxygen atoms in total. The van der Waals surface area contributed by atoms with Crippen molar-refractivity contribution in [2.45, 2.75) is 44.9 Å². The van der Waals surface area contributed by atoms with Gasteiger partial charge in [-0.15, -0.1) is 12.6 Å². The van der Waals surface area contributed by atoms with E-state index in [2.05, 4.69) is 108 Å². The zero-order valence-electron chi connectivity index (χ0n) is 25.7. The molecule has 1 heterocycles. The van der Waals surface area contributed by atoms with Crippen molar-refractivity contribution in [3.63, 3.8) is 0 Å². The molecular weight excluding hydrogens is 533 g/mol. The minimum absolute atomic E-state index is 0.146. The van der Waals surface area contributed by atoms with E-state index in [1.165, 1.54) is 11.1 Å². The Morgan fingerprint density at radius 2 is 1.64 bits per heavy atom. The van der Waals surface area contributed by atoms with E-state index in [4.69, 9.17) is 23.5 Å². The molecule has 0 bridgehead atoms. The van der Waals surface area contributed by atoms with Crippen LogP contribution in [0.4, 0.5) is 11.4 Å². The number of hydrogen-bond acceptors (Lipinski definition) is 4. The van der Waals surface area contributed by atoms with Crippen LogP contribution >= 0.6 is 12.6 Å². The molecule has 1 atom stereocenters. The third-order valence-electron chi connectivity index (χ3n) is 9.32. The lowest BCUT2D eigenvalue weighted by Crippen LogP contribution is -2.30. The number of hydrazone groups is 1. The summed E-state index contributed by atoms with van der Waals surface area (Å²) in [6, 6.07) is 15.1. The monoisotopic (exact) mass is 574 g/mol. The Bertz CT molecular complexity index is 1800. The van der Waals surface area contributed by atoms with Crippen molar-refractivity contribution in [3.05, 3.63) is 124 Å². The summed E-state index contributed by atoms with van der Waals surface area (Å²) >= 11 is 4.74. The molecule has 0 aliphatic heterocycles. The normalized spacial score (nSPS) is 17.9. The molecule has 0 amide bonds. The van der Waals surface area contributed by atoms with Gasteiger partial charge in [-0.2, -0.15) is 5.10 Å². The van der Waals surface area contributed by atoms with Crippen LogP contribution in [0.2, 0.25) is 0 Å². The first-order valence-corrected chi connectivity index (χ1v) is 14.8. The van der Waals surface area contributed by atoms with Crippen LogP contribution in [0.3, 0.4) is 0 Å². The SMILES string of the molecule is C=C1C=C(S)c2c(c(=C)n(C)c2=C)/C1=N/N(C)c1cc(C(C)(C)C2C=CC=CC2)cc(C(C)(C)c2ccccc2)c1N. The molecular formula is C37H42N4S. The number of aromatic nitrogens is 1. The summed E-state index contributed by atoms with van der Waals surface area (Å²) in [5, 5.41) is 8.73. The number of benzene rings is 2.